The van der Waals surface area contributed by atoms with E-state index in [2.05, 4.69) is 26.6 Å². The number of carbonyl (C=O) groups is 2. The van der Waals surface area contributed by atoms with Gasteiger partial charge in [-0.05, 0) is 36.4 Å². The van der Waals surface area contributed by atoms with E-state index in [-0.39, 0.29) is 24.9 Å². The SMILES string of the molecule is CN(Cc1ccc(-c2ccc(Br)cc2)o1)C(=O)CCNC(=O)Nc1ccccc1. The topological polar surface area (TPSA) is 74.6 Å². The Morgan fingerprint density at radius 3 is 2.45 bits per heavy atom. The number of hydrogen-bond acceptors (Lipinski definition) is 3. The molecule has 0 saturated carbocycles. The summed E-state index contributed by atoms with van der Waals surface area (Å²) >= 11 is 3.41. The van der Waals surface area contributed by atoms with Crippen molar-refractivity contribution in [2.45, 2.75) is 13.0 Å². The molecule has 0 aliphatic rings. The molecule has 0 spiro atoms. The normalized spacial score (nSPS) is 10.4. The largest absolute Gasteiger partial charge is 0.459 e. The zero-order valence-electron chi connectivity index (χ0n) is 16.0. The van der Waals surface area contributed by atoms with E-state index in [1.54, 1.807) is 24.1 Å². The zero-order valence-corrected chi connectivity index (χ0v) is 17.6. The third-order valence-electron chi connectivity index (χ3n) is 4.27. The molecule has 0 aliphatic heterocycles. The van der Waals surface area contributed by atoms with Crippen molar-refractivity contribution in [1.82, 2.24) is 10.2 Å². The van der Waals surface area contributed by atoms with Crippen LogP contribution in [-0.4, -0.2) is 30.4 Å². The number of hydrogen-bond donors (Lipinski definition) is 2. The van der Waals surface area contributed by atoms with Crippen LogP contribution in [0.25, 0.3) is 11.3 Å². The molecule has 7 heteroatoms. The van der Waals surface area contributed by atoms with Crippen molar-refractivity contribution in [1.29, 1.82) is 0 Å². The van der Waals surface area contributed by atoms with Gasteiger partial charge >= 0.3 is 6.03 Å². The fourth-order valence-electron chi connectivity index (χ4n) is 2.72. The summed E-state index contributed by atoms with van der Waals surface area (Å²) in [5.74, 6) is 1.38. The van der Waals surface area contributed by atoms with Crippen molar-refractivity contribution in [2.75, 3.05) is 18.9 Å². The lowest BCUT2D eigenvalue weighted by atomic mass is 10.2. The van der Waals surface area contributed by atoms with Crippen molar-refractivity contribution < 1.29 is 14.0 Å². The van der Waals surface area contributed by atoms with Crippen LogP contribution in [-0.2, 0) is 11.3 Å². The molecule has 0 radical (unpaired) electrons. The summed E-state index contributed by atoms with van der Waals surface area (Å²) in [5.41, 5.74) is 1.68. The first-order chi connectivity index (χ1) is 14.0. The Morgan fingerprint density at radius 1 is 1.00 bits per heavy atom. The quantitative estimate of drug-likeness (QED) is 0.532. The van der Waals surface area contributed by atoms with Crippen LogP contribution in [0.4, 0.5) is 10.5 Å². The number of carbonyl (C=O) groups excluding carboxylic acids is 2. The van der Waals surface area contributed by atoms with Gasteiger partial charge in [-0.3, -0.25) is 4.79 Å². The van der Waals surface area contributed by atoms with Crippen molar-refractivity contribution in [3.05, 3.63) is 77.0 Å². The van der Waals surface area contributed by atoms with Crippen LogP contribution < -0.4 is 10.6 Å². The highest BCUT2D eigenvalue weighted by atomic mass is 79.9. The van der Waals surface area contributed by atoms with Crippen molar-refractivity contribution in [3.8, 4) is 11.3 Å². The molecule has 0 atom stereocenters. The molecule has 3 aromatic rings. The maximum Gasteiger partial charge on any atom is 0.319 e. The second-order valence-corrected chi connectivity index (χ2v) is 7.44. The van der Waals surface area contributed by atoms with Crippen LogP contribution in [0, 0.1) is 0 Å². The Balaban J connectivity index is 1.43. The Labute approximate surface area is 178 Å². The predicted octanol–water partition coefficient (Wildman–Crippen LogP) is 4.88. The Morgan fingerprint density at radius 2 is 1.72 bits per heavy atom. The summed E-state index contributed by atoms with van der Waals surface area (Å²) in [6.07, 6.45) is 0.207. The first kappa shape index (κ1) is 20.7. The molecular formula is C22H22BrN3O3. The van der Waals surface area contributed by atoms with E-state index < -0.39 is 0 Å². The summed E-state index contributed by atoms with van der Waals surface area (Å²) in [7, 11) is 1.72. The Hall–Kier alpha value is -3.06. The molecule has 3 amide bonds. The summed E-state index contributed by atoms with van der Waals surface area (Å²) in [4.78, 5) is 25.7. The third-order valence-corrected chi connectivity index (χ3v) is 4.79. The number of urea groups is 1. The summed E-state index contributed by atoms with van der Waals surface area (Å²) < 4.78 is 6.85. The van der Waals surface area contributed by atoms with Gasteiger partial charge in [-0.1, -0.05) is 46.3 Å². The standard InChI is InChI=1S/C22H22BrN3O3/c1-26(15-19-11-12-20(29-19)16-7-9-17(23)10-8-16)21(27)13-14-24-22(28)25-18-5-3-2-4-6-18/h2-12H,13-15H2,1H3,(H2,24,25,28). The highest BCUT2D eigenvalue weighted by Crippen LogP contribution is 2.24. The van der Waals surface area contributed by atoms with Gasteiger partial charge in [-0.25, -0.2) is 4.79 Å². The van der Waals surface area contributed by atoms with E-state index in [9.17, 15) is 9.59 Å². The molecule has 0 saturated heterocycles. The van der Waals surface area contributed by atoms with E-state index >= 15 is 0 Å². The molecule has 2 N–H and O–H groups in total. The van der Waals surface area contributed by atoms with Crippen LogP contribution >= 0.6 is 15.9 Å². The number of nitrogens with one attached hydrogen (secondary N) is 2. The van der Waals surface area contributed by atoms with Crippen LogP contribution in [0.5, 0.6) is 0 Å². The van der Waals surface area contributed by atoms with Crippen LogP contribution in [0.2, 0.25) is 0 Å². The van der Waals surface area contributed by atoms with Gasteiger partial charge in [0.25, 0.3) is 0 Å². The molecule has 0 bridgehead atoms. The van der Waals surface area contributed by atoms with Gasteiger partial charge in [-0.15, -0.1) is 0 Å². The molecular weight excluding hydrogens is 434 g/mol. The van der Waals surface area contributed by atoms with E-state index in [0.29, 0.717) is 18.0 Å². The first-order valence-corrected chi connectivity index (χ1v) is 9.99. The summed E-state index contributed by atoms with van der Waals surface area (Å²) in [5, 5.41) is 5.40. The van der Waals surface area contributed by atoms with Gasteiger partial charge in [0.2, 0.25) is 5.91 Å². The minimum absolute atomic E-state index is 0.0772. The number of anilines is 1. The van der Waals surface area contributed by atoms with Crippen molar-refractivity contribution in [2.24, 2.45) is 0 Å². The molecule has 0 fully saturated rings. The number of nitrogens with zero attached hydrogens (tertiary/aromatic N) is 1. The fourth-order valence-corrected chi connectivity index (χ4v) is 2.99. The monoisotopic (exact) mass is 455 g/mol. The number of benzene rings is 2. The fraction of sp³-hybridized carbons (Fsp3) is 0.182. The maximum atomic E-state index is 12.3. The molecule has 3 rings (SSSR count). The number of para-hydroxylation sites is 1. The number of furan rings is 1. The molecule has 0 unspecified atom stereocenters. The molecule has 1 heterocycles. The smallest absolute Gasteiger partial charge is 0.319 e. The van der Waals surface area contributed by atoms with Crippen molar-refractivity contribution >= 4 is 33.6 Å². The van der Waals surface area contributed by atoms with Crippen LogP contribution in [0.3, 0.4) is 0 Å². The minimum atomic E-state index is -0.336. The average Bonchev–Trinajstić information content (AvgIpc) is 3.17. The summed E-state index contributed by atoms with van der Waals surface area (Å²) in [6.45, 7) is 0.621. The second kappa shape index (κ2) is 9.93. The predicted molar refractivity (Wildman–Crippen MR) is 116 cm³/mol. The van der Waals surface area contributed by atoms with Gasteiger partial charge < -0.3 is 20.0 Å². The van der Waals surface area contributed by atoms with Gasteiger partial charge in [0.1, 0.15) is 11.5 Å². The highest BCUT2D eigenvalue weighted by molar-refractivity contribution is 9.10. The van der Waals surface area contributed by atoms with E-state index in [4.69, 9.17) is 4.42 Å². The number of halogens is 1. The minimum Gasteiger partial charge on any atom is -0.459 e. The van der Waals surface area contributed by atoms with Gasteiger partial charge in [0.15, 0.2) is 0 Å². The van der Waals surface area contributed by atoms with Gasteiger partial charge in [0.05, 0.1) is 6.54 Å². The molecule has 6 nitrogen and oxygen atoms in total. The zero-order chi connectivity index (χ0) is 20.6. The third kappa shape index (κ3) is 6.22. The number of rotatable bonds is 7. The highest BCUT2D eigenvalue weighted by Gasteiger charge is 2.13. The average molecular weight is 456 g/mol. The molecule has 2 aromatic carbocycles. The second-order valence-electron chi connectivity index (χ2n) is 6.52. The molecule has 1 aromatic heterocycles. The Kier molecular flexibility index (Phi) is 7.08. The van der Waals surface area contributed by atoms with Crippen molar-refractivity contribution in [3.63, 3.8) is 0 Å². The van der Waals surface area contributed by atoms with Gasteiger partial charge in [-0.2, -0.15) is 0 Å². The lowest BCUT2D eigenvalue weighted by Crippen LogP contribution is -2.34. The Bertz CT molecular complexity index is 955. The van der Waals surface area contributed by atoms with Gasteiger partial charge in [0, 0.05) is 35.7 Å². The maximum absolute atomic E-state index is 12.3. The number of amides is 3. The van der Waals surface area contributed by atoms with Crippen LogP contribution in [0.1, 0.15) is 12.2 Å². The van der Waals surface area contributed by atoms with E-state index in [1.165, 1.54) is 0 Å². The lowest BCUT2D eigenvalue weighted by molar-refractivity contribution is -0.130. The van der Waals surface area contributed by atoms with Crippen LogP contribution in [0.15, 0.2) is 75.6 Å². The molecule has 0 aliphatic carbocycles. The first-order valence-electron chi connectivity index (χ1n) is 9.20. The van der Waals surface area contributed by atoms with E-state index in [0.717, 1.165) is 15.8 Å². The molecule has 29 heavy (non-hydrogen) atoms. The summed E-state index contributed by atoms with van der Waals surface area (Å²) in [6, 6.07) is 20.4. The lowest BCUT2D eigenvalue weighted by Gasteiger charge is -2.16. The molecule has 150 valence electrons. The van der Waals surface area contributed by atoms with E-state index in [1.807, 2.05) is 54.6 Å².